The third kappa shape index (κ3) is 3.65. The van der Waals surface area contributed by atoms with Crippen LogP contribution in [0.15, 0.2) is 29.4 Å². The Balaban J connectivity index is 1.92. The van der Waals surface area contributed by atoms with Gasteiger partial charge in [0, 0.05) is 31.0 Å². The summed E-state index contributed by atoms with van der Waals surface area (Å²) in [6, 6.07) is 7.77. The molecule has 20 heavy (non-hydrogen) atoms. The Labute approximate surface area is 118 Å². The Morgan fingerprint density at radius 3 is 2.85 bits per heavy atom. The maximum Gasteiger partial charge on any atom is 0.223 e. The van der Waals surface area contributed by atoms with Crippen molar-refractivity contribution >= 4 is 5.91 Å². The van der Waals surface area contributed by atoms with E-state index < -0.39 is 0 Å². The van der Waals surface area contributed by atoms with Crippen LogP contribution in [-0.2, 0) is 11.3 Å². The van der Waals surface area contributed by atoms with Gasteiger partial charge in [0.05, 0.1) is 6.61 Å². The number of hydrogen-bond acceptors (Lipinski definition) is 3. The molecule has 6 heteroatoms. The Bertz CT molecular complexity index is 508. The highest BCUT2D eigenvalue weighted by atomic mass is 16.5. The Kier molecular flexibility index (Phi) is 4.85. The first-order valence-electron chi connectivity index (χ1n) is 6.73. The molecule has 1 atom stereocenters. The molecule has 1 aliphatic heterocycles. The maximum atomic E-state index is 11.9. The van der Waals surface area contributed by atoms with E-state index in [2.05, 4.69) is 10.0 Å². The first-order chi connectivity index (χ1) is 9.72. The molecule has 1 heterocycles. The lowest BCUT2D eigenvalue weighted by Crippen LogP contribution is -2.24. The van der Waals surface area contributed by atoms with Crippen LogP contribution in [0, 0.1) is 5.92 Å². The van der Waals surface area contributed by atoms with Crippen molar-refractivity contribution in [2.24, 2.45) is 11.0 Å². The highest BCUT2D eigenvalue weighted by molar-refractivity contribution is 5.78. The number of nitrogens with zero attached hydrogens (tertiary/aromatic N) is 4. The van der Waals surface area contributed by atoms with Gasteiger partial charge in [0.15, 0.2) is 0 Å². The van der Waals surface area contributed by atoms with E-state index in [-0.39, 0.29) is 11.8 Å². The van der Waals surface area contributed by atoms with Crippen molar-refractivity contribution in [2.45, 2.75) is 19.9 Å². The molecule has 1 saturated heterocycles. The van der Waals surface area contributed by atoms with E-state index in [4.69, 9.17) is 10.3 Å². The molecule has 1 aliphatic rings. The van der Waals surface area contributed by atoms with Crippen LogP contribution in [0.4, 0.5) is 0 Å². The molecule has 0 bridgehead atoms. The lowest BCUT2D eigenvalue weighted by atomic mass is 10.1. The van der Waals surface area contributed by atoms with Gasteiger partial charge in [-0.2, -0.15) is 0 Å². The van der Waals surface area contributed by atoms with Gasteiger partial charge < -0.3 is 9.64 Å². The van der Waals surface area contributed by atoms with E-state index in [9.17, 15) is 4.79 Å². The molecule has 1 aromatic carbocycles. The van der Waals surface area contributed by atoms with Gasteiger partial charge >= 0.3 is 0 Å². The fraction of sp³-hybridized carbons (Fsp3) is 0.500. The molecule has 0 saturated carbocycles. The molecule has 0 radical (unpaired) electrons. The van der Waals surface area contributed by atoms with Crippen LogP contribution < -0.4 is 4.74 Å². The van der Waals surface area contributed by atoms with E-state index in [1.807, 2.05) is 36.1 Å². The minimum Gasteiger partial charge on any atom is -0.494 e. The number of azide groups is 1. The molecule has 1 aromatic rings. The summed E-state index contributed by atoms with van der Waals surface area (Å²) >= 11 is 0. The molecule has 2 rings (SSSR count). The molecule has 0 aromatic heterocycles. The van der Waals surface area contributed by atoms with Crippen LogP contribution in [0.3, 0.4) is 0 Å². The van der Waals surface area contributed by atoms with E-state index in [1.54, 1.807) is 0 Å². The second kappa shape index (κ2) is 6.82. The van der Waals surface area contributed by atoms with E-state index in [0.717, 1.165) is 11.3 Å². The van der Waals surface area contributed by atoms with Gasteiger partial charge in [0.1, 0.15) is 5.75 Å². The highest BCUT2D eigenvalue weighted by Crippen LogP contribution is 2.21. The largest absolute Gasteiger partial charge is 0.494 e. The molecule has 1 amide bonds. The maximum absolute atomic E-state index is 11.9. The molecule has 0 spiro atoms. The monoisotopic (exact) mass is 274 g/mol. The van der Waals surface area contributed by atoms with Crippen LogP contribution >= 0.6 is 0 Å². The summed E-state index contributed by atoms with van der Waals surface area (Å²) in [4.78, 5) is 16.4. The lowest BCUT2D eigenvalue weighted by molar-refractivity contribution is -0.128. The quantitative estimate of drug-likeness (QED) is 0.454. The highest BCUT2D eigenvalue weighted by Gasteiger charge is 2.28. The number of benzene rings is 1. The van der Waals surface area contributed by atoms with Crippen molar-refractivity contribution in [3.8, 4) is 5.75 Å². The minimum absolute atomic E-state index is 0.122. The standard InChI is InChI=1S/C14H18N4O2/c1-2-20-13-5-3-11(4-6-13)9-18-10-12(7-14(18)19)8-16-17-15/h3-6,12H,2,7-10H2,1H3. The van der Waals surface area contributed by atoms with Crippen LogP contribution in [-0.4, -0.2) is 30.5 Å². The zero-order valence-corrected chi connectivity index (χ0v) is 11.5. The van der Waals surface area contributed by atoms with Crippen LogP contribution in [0.5, 0.6) is 5.75 Å². The SMILES string of the molecule is CCOc1ccc(CN2CC(CN=[N+]=[N-])CC2=O)cc1. The molecule has 0 N–H and O–H groups in total. The number of carbonyl (C=O) groups excluding carboxylic acids is 1. The van der Waals surface area contributed by atoms with Crippen molar-refractivity contribution < 1.29 is 9.53 Å². The van der Waals surface area contributed by atoms with Crippen LogP contribution in [0.1, 0.15) is 18.9 Å². The van der Waals surface area contributed by atoms with Crippen LogP contribution in [0.2, 0.25) is 0 Å². The first-order valence-corrected chi connectivity index (χ1v) is 6.73. The fourth-order valence-corrected chi connectivity index (χ4v) is 2.36. The summed E-state index contributed by atoms with van der Waals surface area (Å²) in [5.41, 5.74) is 9.39. The number of carbonyl (C=O) groups is 1. The summed E-state index contributed by atoms with van der Waals surface area (Å²) in [5, 5.41) is 3.55. The van der Waals surface area contributed by atoms with E-state index in [1.165, 1.54) is 0 Å². The topological polar surface area (TPSA) is 78.3 Å². The Morgan fingerprint density at radius 2 is 2.20 bits per heavy atom. The fourth-order valence-electron chi connectivity index (χ4n) is 2.36. The number of rotatable bonds is 6. The van der Waals surface area contributed by atoms with Crippen molar-refractivity contribution in [2.75, 3.05) is 19.7 Å². The first kappa shape index (κ1) is 14.2. The number of amides is 1. The van der Waals surface area contributed by atoms with Crippen molar-refractivity contribution in [3.05, 3.63) is 40.3 Å². The van der Waals surface area contributed by atoms with Crippen molar-refractivity contribution in [1.29, 1.82) is 0 Å². The van der Waals surface area contributed by atoms with Gasteiger partial charge in [-0.3, -0.25) is 4.79 Å². The normalized spacial score (nSPS) is 17.9. The molecule has 1 fully saturated rings. The van der Waals surface area contributed by atoms with Crippen molar-refractivity contribution in [1.82, 2.24) is 4.90 Å². The number of likely N-dealkylation sites (tertiary alicyclic amines) is 1. The molecular formula is C14H18N4O2. The second-order valence-corrected chi connectivity index (χ2v) is 4.83. The van der Waals surface area contributed by atoms with Gasteiger partial charge in [-0.25, -0.2) is 0 Å². The summed E-state index contributed by atoms with van der Waals surface area (Å²) < 4.78 is 5.39. The predicted molar refractivity (Wildman–Crippen MR) is 75.1 cm³/mol. The summed E-state index contributed by atoms with van der Waals surface area (Å²) in [7, 11) is 0. The van der Waals surface area contributed by atoms with Gasteiger partial charge in [0.25, 0.3) is 0 Å². The average molecular weight is 274 g/mol. The predicted octanol–water partition coefficient (Wildman–Crippen LogP) is 2.74. The smallest absolute Gasteiger partial charge is 0.223 e. The van der Waals surface area contributed by atoms with Crippen LogP contribution in [0.25, 0.3) is 10.4 Å². The molecule has 1 unspecified atom stereocenters. The van der Waals surface area contributed by atoms with Gasteiger partial charge in [0.2, 0.25) is 5.91 Å². The van der Waals surface area contributed by atoms with Gasteiger partial charge in [-0.15, -0.1) is 0 Å². The van der Waals surface area contributed by atoms with Crippen molar-refractivity contribution in [3.63, 3.8) is 0 Å². The van der Waals surface area contributed by atoms with E-state index >= 15 is 0 Å². The number of ether oxygens (including phenoxy) is 1. The molecular weight excluding hydrogens is 256 g/mol. The summed E-state index contributed by atoms with van der Waals surface area (Å²) in [5.74, 6) is 1.10. The average Bonchev–Trinajstić information content (AvgIpc) is 2.79. The lowest BCUT2D eigenvalue weighted by Gasteiger charge is -2.16. The zero-order valence-electron chi connectivity index (χ0n) is 11.5. The third-order valence-corrected chi connectivity index (χ3v) is 3.31. The Hall–Kier alpha value is -2.20. The number of hydrogen-bond donors (Lipinski definition) is 0. The summed E-state index contributed by atoms with van der Waals surface area (Å²) in [6.45, 7) is 4.23. The van der Waals surface area contributed by atoms with Gasteiger partial charge in [-0.1, -0.05) is 17.2 Å². The van der Waals surface area contributed by atoms with Gasteiger partial charge in [-0.05, 0) is 36.1 Å². The Morgan fingerprint density at radius 1 is 1.45 bits per heavy atom. The summed E-state index contributed by atoms with van der Waals surface area (Å²) in [6.07, 6.45) is 0.468. The molecule has 6 nitrogen and oxygen atoms in total. The van der Waals surface area contributed by atoms with E-state index in [0.29, 0.717) is 32.7 Å². The molecule has 0 aliphatic carbocycles. The second-order valence-electron chi connectivity index (χ2n) is 4.83. The minimum atomic E-state index is 0.122. The third-order valence-electron chi connectivity index (χ3n) is 3.31. The zero-order chi connectivity index (χ0) is 14.4. The molecule has 106 valence electrons.